The number of rotatable bonds is 0. The second-order valence-electron chi connectivity index (χ2n) is 3.42. The summed E-state index contributed by atoms with van der Waals surface area (Å²) in [6.45, 7) is 5.17. The maximum atomic E-state index is 5.70. The van der Waals surface area contributed by atoms with E-state index in [2.05, 4.69) is 36.9 Å². The lowest BCUT2D eigenvalue weighted by atomic mass is 10.2. The molecule has 0 aromatic rings. The predicted molar refractivity (Wildman–Crippen MR) is 52.1 cm³/mol. The zero-order chi connectivity index (χ0) is 9.14. The molecule has 12 heavy (non-hydrogen) atoms. The SMILES string of the molecule is C/C1=C/CC(N)=N[C@H](C)N(C)C1. The van der Waals surface area contributed by atoms with Crippen LogP contribution in [0, 0.1) is 0 Å². The molecule has 0 amide bonds. The first-order valence-electron chi connectivity index (χ1n) is 4.27. The van der Waals surface area contributed by atoms with E-state index in [0.717, 1.165) is 18.8 Å². The van der Waals surface area contributed by atoms with Gasteiger partial charge in [-0.05, 0) is 20.9 Å². The third-order valence-corrected chi connectivity index (χ3v) is 2.15. The minimum atomic E-state index is 0.202. The van der Waals surface area contributed by atoms with Crippen LogP contribution in [0.5, 0.6) is 0 Å². The van der Waals surface area contributed by atoms with Crippen molar-refractivity contribution >= 4 is 5.84 Å². The van der Waals surface area contributed by atoms with Crippen molar-refractivity contribution in [2.45, 2.75) is 26.4 Å². The zero-order valence-corrected chi connectivity index (χ0v) is 8.04. The highest BCUT2D eigenvalue weighted by molar-refractivity contribution is 5.82. The average Bonchev–Trinajstić information content (AvgIpc) is 1.99. The van der Waals surface area contributed by atoms with Gasteiger partial charge < -0.3 is 5.73 Å². The molecule has 1 rings (SSSR count). The van der Waals surface area contributed by atoms with Gasteiger partial charge in [0.1, 0.15) is 6.17 Å². The number of nitrogens with two attached hydrogens (primary N) is 1. The monoisotopic (exact) mass is 167 g/mol. The molecule has 0 aromatic heterocycles. The largest absolute Gasteiger partial charge is 0.387 e. The maximum Gasteiger partial charge on any atom is 0.101 e. The van der Waals surface area contributed by atoms with Crippen molar-refractivity contribution in [3.63, 3.8) is 0 Å². The van der Waals surface area contributed by atoms with Gasteiger partial charge in [0.25, 0.3) is 0 Å². The van der Waals surface area contributed by atoms with Gasteiger partial charge in [0.05, 0.1) is 5.84 Å². The van der Waals surface area contributed by atoms with Crippen LogP contribution < -0.4 is 5.73 Å². The van der Waals surface area contributed by atoms with Gasteiger partial charge in [0.2, 0.25) is 0 Å². The van der Waals surface area contributed by atoms with Gasteiger partial charge in [-0.15, -0.1) is 0 Å². The molecule has 2 N–H and O–H groups in total. The van der Waals surface area contributed by atoms with E-state index in [1.165, 1.54) is 5.57 Å². The molecule has 0 saturated heterocycles. The third kappa shape index (κ3) is 2.34. The fourth-order valence-electron chi connectivity index (χ4n) is 1.26. The molecule has 0 aliphatic carbocycles. The summed E-state index contributed by atoms with van der Waals surface area (Å²) in [5.74, 6) is 0.730. The number of likely N-dealkylation sites (N-methyl/N-ethyl adjacent to an activating group) is 1. The van der Waals surface area contributed by atoms with E-state index in [9.17, 15) is 0 Å². The van der Waals surface area contributed by atoms with Crippen LogP contribution >= 0.6 is 0 Å². The van der Waals surface area contributed by atoms with E-state index in [1.54, 1.807) is 0 Å². The van der Waals surface area contributed by atoms with E-state index in [4.69, 9.17) is 5.73 Å². The van der Waals surface area contributed by atoms with Crippen molar-refractivity contribution in [2.24, 2.45) is 10.7 Å². The normalized spacial score (nSPS) is 31.4. The Balaban J connectivity index is 2.76. The molecule has 0 bridgehead atoms. The van der Waals surface area contributed by atoms with Crippen molar-refractivity contribution in [1.29, 1.82) is 0 Å². The molecule has 1 aliphatic heterocycles. The number of nitrogens with zero attached hydrogens (tertiary/aromatic N) is 2. The lowest BCUT2D eigenvalue weighted by Gasteiger charge is -2.23. The molecule has 0 saturated carbocycles. The highest BCUT2D eigenvalue weighted by Crippen LogP contribution is 2.07. The predicted octanol–water partition coefficient (Wildman–Crippen LogP) is 0.971. The highest BCUT2D eigenvalue weighted by atomic mass is 15.2. The summed E-state index contributed by atoms with van der Waals surface area (Å²) >= 11 is 0. The molecule has 68 valence electrons. The molecule has 1 atom stereocenters. The molecule has 0 fully saturated rings. The smallest absolute Gasteiger partial charge is 0.101 e. The maximum absolute atomic E-state index is 5.70. The van der Waals surface area contributed by atoms with Gasteiger partial charge in [-0.3, -0.25) is 9.89 Å². The zero-order valence-electron chi connectivity index (χ0n) is 8.04. The van der Waals surface area contributed by atoms with Crippen molar-refractivity contribution in [3.8, 4) is 0 Å². The minimum Gasteiger partial charge on any atom is -0.387 e. The van der Waals surface area contributed by atoms with E-state index in [1.807, 2.05) is 0 Å². The van der Waals surface area contributed by atoms with E-state index < -0.39 is 0 Å². The van der Waals surface area contributed by atoms with Gasteiger partial charge in [-0.2, -0.15) is 0 Å². The summed E-state index contributed by atoms with van der Waals surface area (Å²) in [7, 11) is 2.06. The van der Waals surface area contributed by atoms with Gasteiger partial charge in [-0.1, -0.05) is 11.6 Å². The summed E-state index contributed by atoms with van der Waals surface area (Å²) in [5.41, 5.74) is 7.06. The number of hydrogen-bond donors (Lipinski definition) is 1. The van der Waals surface area contributed by atoms with Crippen LogP contribution in [0.25, 0.3) is 0 Å². The second-order valence-corrected chi connectivity index (χ2v) is 3.42. The topological polar surface area (TPSA) is 41.6 Å². The van der Waals surface area contributed by atoms with Crippen molar-refractivity contribution < 1.29 is 0 Å². The number of amidine groups is 1. The number of hydrogen-bond acceptors (Lipinski definition) is 3. The number of aliphatic imine (C=N–C) groups is 1. The summed E-state index contributed by atoms with van der Waals surface area (Å²) in [6, 6.07) is 0. The third-order valence-electron chi connectivity index (χ3n) is 2.15. The minimum absolute atomic E-state index is 0.202. The van der Waals surface area contributed by atoms with Crippen LogP contribution in [0.3, 0.4) is 0 Å². The van der Waals surface area contributed by atoms with E-state index in [-0.39, 0.29) is 6.17 Å². The van der Waals surface area contributed by atoms with Gasteiger partial charge >= 0.3 is 0 Å². The summed E-state index contributed by atoms with van der Waals surface area (Å²) in [4.78, 5) is 6.51. The molecule has 0 radical (unpaired) electrons. The molecular weight excluding hydrogens is 150 g/mol. The van der Waals surface area contributed by atoms with Crippen molar-refractivity contribution in [1.82, 2.24) is 4.90 Å². The Labute approximate surface area is 74.0 Å². The lowest BCUT2D eigenvalue weighted by Crippen LogP contribution is -2.32. The van der Waals surface area contributed by atoms with Crippen LogP contribution in [0.2, 0.25) is 0 Å². The van der Waals surface area contributed by atoms with Crippen LogP contribution in [-0.4, -0.2) is 30.5 Å². The van der Waals surface area contributed by atoms with Crippen LogP contribution in [0.4, 0.5) is 0 Å². The molecule has 1 aliphatic rings. The van der Waals surface area contributed by atoms with Crippen LogP contribution in [0.1, 0.15) is 20.3 Å². The molecule has 3 heteroatoms. The Bertz CT molecular complexity index is 218. The Kier molecular flexibility index (Phi) is 2.87. The second kappa shape index (κ2) is 3.72. The van der Waals surface area contributed by atoms with Crippen molar-refractivity contribution in [3.05, 3.63) is 11.6 Å². The van der Waals surface area contributed by atoms with Crippen LogP contribution in [-0.2, 0) is 0 Å². The Hall–Kier alpha value is -0.830. The molecule has 0 unspecified atom stereocenters. The van der Waals surface area contributed by atoms with E-state index in [0.29, 0.717) is 0 Å². The first-order chi connectivity index (χ1) is 5.59. The fraction of sp³-hybridized carbons (Fsp3) is 0.667. The van der Waals surface area contributed by atoms with Gasteiger partial charge in [0, 0.05) is 13.0 Å². The Morgan fingerprint density at radius 1 is 1.67 bits per heavy atom. The lowest BCUT2D eigenvalue weighted by molar-refractivity contribution is 0.285. The fourth-order valence-corrected chi connectivity index (χ4v) is 1.26. The van der Waals surface area contributed by atoms with Gasteiger partial charge in [-0.25, -0.2) is 0 Å². The molecule has 1 heterocycles. The summed E-state index contributed by atoms with van der Waals surface area (Å²) in [6.07, 6.45) is 3.14. The van der Waals surface area contributed by atoms with Crippen molar-refractivity contribution in [2.75, 3.05) is 13.6 Å². The molecule has 0 aromatic carbocycles. The Morgan fingerprint density at radius 3 is 3.00 bits per heavy atom. The first kappa shape index (κ1) is 9.26. The average molecular weight is 167 g/mol. The first-order valence-corrected chi connectivity index (χ1v) is 4.27. The summed E-state index contributed by atoms with van der Waals surface area (Å²) in [5, 5.41) is 0. The standard InChI is InChI=1S/C9H17N3/c1-7-4-5-9(10)11-8(2)12(3)6-7/h4,8H,5-6H2,1-3H3,(H2,10,11)/b7-4-/t8-/m0/s1. The quantitative estimate of drug-likeness (QED) is 0.546. The Morgan fingerprint density at radius 2 is 2.33 bits per heavy atom. The van der Waals surface area contributed by atoms with E-state index >= 15 is 0 Å². The van der Waals surface area contributed by atoms with Crippen LogP contribution in [0.15, 0.2) is 16.6 Å². The molecule has 0 spiro atoms. The molecule has 3 nitrogen and oxygen atoms in total. The van der Waals surface area contributed by atoms with Gasteiger partial charge in [0.15, 0.2) is 0 Å². The highest BCUT2D eigenvalue weighted by Gasteiger charge is 2.10. The summed E-state index contributed by atoms with van der Waals surface area (Å²) < 4.78 is 0. The molecular formula is C9H17N3.